The van der Waals surface area contributed by atoms with Crippen LogP contribution in [0.2, 0.25) is 0 Å². The van der Waals surface area contributed by atoms with E-state index in [1.807, 2.05) is 24.3 Å². The molecular weight excluding hydrogens is 244 g/mol. The molecule has 0 bridgehead atoms. The van der Waals surface area contributed by atoms with E-state index in [0.717, 1.165) is 18.2 Å². The number of carbonyl (C=O) groups excluding carboxylic acids is 1. The van der Waals surface area contributed by atoms with Gasteiger partial charge in [0.2, 0.25) is 0 Å². The zero-order valence-electron chi connectivity index (χ0n) is 10.7. The van der Waals surface area contributed by atoms with Crippen LogP contribution in [0.15, 0.2) is 24.3 Å². The van der Waals surface area contributed by atoms with Gasteiger partial charge in [0.05, 0.1) is 12.6 Å². The van der Waals surface area contributed by atoms with Crippen LogP contribution in [0.25, 0.3) is 10.9 Å². The van der Waals surface area contributed by atoms with Gasteiger partial charge in [-0.05, 0) is 18.9 Å². The third-order valence-corrected chi connectivity index (χ3v) is 3.25. The summed E-state index contributed by atoms with van der Waals surface area (Å²) in [7, 11) is 1.33. The number of para-hydroxylation sites is 1. The van der Waals surface area contributed by atoms with Crippen molar-refractivity contribution in [3.05, 3.63) is 30.0 Å². The van der Waals surface area contributed by atoms with Gasteiger partial charge >= 0.3 is 6.09 Å². The second kappa shape index (κ2) is 4.64. The van der Waals surface area contributed by atoms with E-state index in [4.69, 9.17) is 10.5 Å². The zero-order chi connectivity index (χ0) is 13.4. The average molecular weight is 260 g/mol. The molecule has 3 N–H and O–H groups in total. The lowest BCUT2D eigenvalue weighted by atomic mass is 10.2. The number of nitrogens with two attached hydrogens (primary N) is 1. The first kappa shape index (κ1) is 12.1. The van der Waals surface area contributed by atoms with Crippen molar-refractivity contribution in [2.45, 2.75) is 25.0 Å². The summed E-state index contributed by atoms with van der Waals surface area (Å²) in [4.78, 5) is 11.7. The predicted octanol–water partition coefficient (Wildman–Crippen LogP) is 1.36. The number of fused-ring (bicyclic) bond motifs is 1. The van der Waals surface area contributed by atoms with Crippen LogP contribution < -0.4 is 11.1 Å². The van der Waals surface area contributed by atoms with Crippen LogP contribution in [0, 0.1) is 0 Å². The van der Waals surface area contributed by atoms with Crippen LogP contribution in [0.3, 0.4) is 0 Å². The Morgan fingerprint density at radius 2 is 2.26 bits per heavy atom. The molecule has 2 aromatic rings. The molecule has 1 atom stereocenters. The lowest BCUT2D eigenvalue weighted by Gasteiger charge is -2.10. The monoisotopic (exact) mass is 260 g/mol. The summed E-state index contributed by atoms with van der Waals surface area (Å²) in [5.74, 6) is 0. The van der Waals surface area contributed by atoms with Crippen LogP contribution in [0.1, 0.15) is 24.7 Å². The fourth-order valence-electron chi connectivity index (χ4n) is 2.13. The highest BCUT2D eigenvalue weighted by Crippen LogP contribution is 2.26. The van der Waals surface area contributed by atoms with E-state index in [2.05, 4.69) is 10.4 Å². The van der Waals surface area contributed by atoms with Gasteiger partial charge in [-0.3, -0.25) is 5.32 Å². The van der Waals surface area contributed by atoms with Gasteiger partial charge < -0.3 is 10.5 Å². The Balaban J connectivity index is 2.05. The lowest BCUT2D eigenvalue weighted by molar-refractivity contribution is 0.170. The molecule has 1 aliphatic rings. The highest BCUT2D eigenvalue weighted by Gasteiger charge is 2.26. The predicted molar refractivity (Wildman–Crippen MR) is 70.6 cm³/mol. The molecule has 1 aliphatic carbocycles. The third-order valence-electron chi connectivity index (χ3n) is 3.25. The highest BCUT2D eigenvalue weighted by atomic mass is 16.5. The first-order valence-corrected chi connectivity index (χ1v) is 6.28. The Hall–Kier alpha value is -1.92. The normalized spacial score (nSPS) is 16.5. The van der Waals surface area contributed by atoms with E-state index in [1.54, 1.807) is 0 Å². The minimum atomic E-state index is -0.513. The smallest absolute Gasteiger partial charge is 0.434 e. The minimum absolute atomic E-state index is 0.372. The summed E-state index contributed by atoms with van der Waals surface area (Å²) in [5, 5.41) is 8.45. The lowest BCUT2D eigenvalue weighted by Crippen LogP contribution is -2.31. The van der Waals surface area contributed by atoms with Crippen LogP contribution in [-0.4, -0.2) is 29.0 Å². The maximum atomic E-state index is 11.7. The zero-order valence-corrected chi connectivity index (χ0v) is 10.7. The van der Waals surface area contributed by atoms with Gasteiger partial charge in [-0.25, -0.2) is 4.79 Å². The van der Waals surface area contributed by atoms with Gasteiger partial charge in [0, 0.05) is 11.4 Å². The number of hydrogen-bond donors (Lipinski definition) is 2. The molecule has 0 radical (unpaired) electrons. The molecule has 0 spiro atoms. The molecule has 19 heavy (non-hydrogen) atoms. The quantitative estimate of drug-likeness (QED) is 0.814. The molecule has 1 unspecified atom stereocenters. The molecule has 100 valence electrons. The second-order valence-electron chi connectivity index (χ2n) is 4.70. The van der Waals surface area contributed by atoms with Crippen molar-refractivity contribution in [3.63, 3.8) is 0 Å². The Kier molecular flexibility index (Phi) is 2.96. The molecule has 6 nitrogen and oxygen atoms in total. The Bertz CT molecular complexity index is 618. The van der Waals surface area contributed by atoms with Crippen LogP contribution in [0.5, 0.6) is 0 Å². The fraction of sp³-hybridized carbons (Fsp3) is 0.385. The van der Waals surface area contributed by atoms with E-state index in [9.17, 15) is 4.79 Å². The summed E-state index contributed by atoms with van der Waals surface area (Å²) < 4.78 is 5.98. The molecule has 1 saturated carbocycles. The van der Waals surface area contributed by atoms with Crippen molar-refractivity contribution < 1.29 is 9.53 Å². The number of benzene rings is 1. The topological polar surface area (TPSA) is 82.2 Å². The summed E-state index contributed by atoms with van der Waals surface area (Å²) in [6.45, 7) is 0. The van der Waals surface area contributed by atoms with Gasteiger partial charge in [0.25, 0.3) is 0 Å². The first-order valence-electron chi connectivity index (χ1n) is 6.28. The maximum absolute atomic E-state index is 11.7. The first-order chi connectivity index (χ1) is 9.20. The standard InChI is InChI=1S/C13H16N4O2/c1-19-13(18)17-10-5-3-2-4-9(10)11(16-17)12(14)15-8-6-7-8/h2-5,8,12,15H,6-7,14H2,1H3. The van der Waals surface area contributed by atoms with Gasteiger partial charge in [-0.15, -0.1) is 0 Å². The molecule has 0 saturated heterocycles. The number of aromatic nitrogens is 2. The van der Waals surface area contributed by atoms with E-state index < -0.39 is 6.09 Å². The molecular formula is C13H16N4O2. The van der Waals surface area contributed by atoms with E-state index in [1.165, 1.54) is 11.8 Å². The molecule has 0 aliphatic heterocycles. The molecule has 1 aromatic heterocycles. The van der Waals surface area contributed by atoms with Crippen molar-refractivity contribution >= 4 is 17.0 Å². The summed E-state index contributed by atoms with van der Waals surface area (Å²) in [6.07, 6.45) is 1.40. The number of hydrogen-bond acceptors (Lipinski definition) is 5. The number of nitrogens with one attached hydrogen (secondary N) is 1. The van der Waals surface area contributed by atoms with Crippen molar-refractivity contribution in [2.75, 3.05) is 7.11 Å². The fourth-order valence-corrected chi connectivity index (χ4v) is 2.13. The SMILES string of the molecule is COC(=O)n1nc(C(N)NC2CC2)c2ccccc21. The Morgan fingerprint density at radius 3 is 2.95 bits per heavy atom. The van der Waals surface area contributed by atoms with Gasteiger partial charge in [-0.2, -0.15) is 9.78 Å². The molecule has 3 rings (SSSR count). The number of ether oxygens (including phenoxy) is 1. The number of carbonyl (C=O) groups is 1. The minimum Gasteiger partial charge on any atom is -0.451 e. The highest BCUT2D eigenvalue weighted by molar-refractivity contribution is 5.89. The average Bonchev–Trinajstić information content (AvgIpc) is 3.15. The number of methoxy groups -OCH3 is 1. The molecule has 0 amide bonds. The van der Waals surface area contributed by atoms with Crippen molar-refractivity contribution in [2.24, 2.45) is 5.73 Å². The largest absolute Gasteiger partial charge is 0.451 e. The van der Waals surface area contributed by atoms with Crippen molar-refractivity contribution in [3.8, 4) is 0 Å². The van der Waals surface area contributed by atoms with Crippen LogP contribution in [-0.2, 0) is 4.74 Å². The summed E-state index contributed by atoms with van der Waals surface area (Å²) >= 11 is 0. The summed E-state index contributed by atoms with van der Waals surface area (Å²) in [6, 6.07) is 7.96. The van der Waals surface area contributed by atoms with E-state index in [-0.39, 0.29) is 6.17 Å². The van der Waals surface area contributed by atoms with Crippen molar-refractivity contribution in [1.82, 2.24) is 15.1 Å². The van der Waals surface area contributed by atoms with Crippen LogP contribution >= 0.6 is 0 Å². The molecule has 6 heteroatoms. The maximum Gasteiger partial charge on any atom is 0.434 e. The van der Waals surface area contributed by atoms with Crippen molar-refractivity contribution in [1.29, 1.82) is 0 Å². The second-order valence-corrected chi connectivity index (χ2v) is 4.70. The third kappa shape index (κ3) is 2.20. The number of rotatable bonds is 3. The molecule has 1 aromatic carbocycles. The summed E-state index contributed by atoms with van der Waals surface area (Å²) in [5.41, 5.74) is 7.50. The van der Waals surface area contributed by atoms with Gasteiger partial charge in [-0.1, -0.05) is 18.2 Å². The van der Waals surface area contributed by atoms with Crippen LogP contribution in [0.4, 0.5) is 4.79 Å². The Morgan fingerprint density at radius 1 is 1.53 bits per heavy atom. The van der Waals surface area contributed by atoms with E-state index in [0.29, 0.717) is 17.3 Å². The Labute approximate surface area is 110 Å². The van der Waals surface area contributed by atoms with Gasteiger partial charge in [0.1, 0.15) is 11.9 Å². The number of nitrogens with zero attached hydrogens (tertiary/aromatic N) is 2. The molecule has 1 heterocycles. The van der Waals surface area contributed by atoms with E-state index >= 15 is 0 Å². The molecule has 1 fully saturated rings. The van der Waals surface area contributed by atoms with Gasteiger partial charge in [0.15, 0.2) is 0 Å².